The Morgan fingerprint density at radius 1 is 1.10 bits per heavy atom. The lowest BCUT2D eigenvalue weighted by Gasteiger charge is -2.24. The molecule has 2 aromatic carbocycles. The van der Waals surface area contributed by atoms with Gasteiger partial charge in [0.2, 0.25) is 10.0 Å². The van der Waals surface area contributed by atoms with Crippen LogP contribution in [0.2, 0.25) is 5.02 Å². The van der Waals surface area contributed by atoms with E-state index < -0.39 is 10.0 Å². The number of para-hydroxylation sites is 2. The van der Waals surface area contributed by atoms with E-state index in [4.69, 9.17) is 16.3 Å². The fourth-order valence-electron chi connectivity index (χ4n) is 2.00. The Balaban J connectivity index is 2.48. The van der Waals surface area contributed by atoms with Crippen molar-refractivity contribution in [1.82, 2.24) is 0 Å². The third-order valence-electron chi connectivity index (χ3n) is 3.03. The van der Waals surface area contributed by atoms with Gasteiger partial charge in [-0.15, -0.1) is 0 Å². The lowest BCUT2D eigenvalue weighted by Crippen LogP contribution is -2.29. The normalized spacial score (nSPS) is 11.2. The summed E-state index contributed by atoms with van der Waals surface area (Å²) in [5, 5.41) is 0.529. The highest BCUT2D eigenvalue weighted by atomic mass is 35.5. The average molecular weight is 326 g/mol. The molecule has 2 rings (SSSR count). The van der Waals surface area contributed by atoms with Crippen LogP contribution in [0.4, 0.5) is 5.69 Å². The van der Waals surface area contributed by atoms with Crippen molar-refractivity contribution < 1.29 is 13.2 Å². The van der Waals surface area contributed by atoms with Crippen LogP contribution in [-0.2, 0) is 16.6 Å². The van der Waals surface area contributed by atoms with E-state index in [1.54, 1.807) is 42.5 Å². The summed E-state index contributed by atoms with van der Waals surface area (Å²) < 4.78 is 30.8. The van der Waals surface area contributed by atoms with Crippen molar-refractivity contribution in [2.75, 3.05) is 17.7 Å². The van der Waals surface area contributed by atoms with Gasteiger partial charge in [0.15, 0.2) is 0 Å². The number of hydrogen-bond donors (Lipinski definition) is 0. The Labute approximate surface area is 130 Å². The van der Waals surface area contributed by atoms with Crippen molar-refractivity contribution in [3.05, 3.63) is 59.1 Å². The molecule has 0 amide bonds. The SMILES string of the molecule is COc1ccccc1N(Cc1ccccc1Cl)S(C)(=O)=O. The van der Waals surface area contributed by atoms with Crippen molar-refractivity contribution in [2.24, 2.45) is 0 Å². The first-order chi connectivity index (χ1) is 9.93. The van der Waals surface area contributed by atoms with Crippen LogP contribution >= 0.6 is 11.6 Å². The smallest absolute Gasteiger partial charge is 0.232 e. The topological polar surface area (TPSA) is 46.6 Å². The molecular weight excluding hydrogens is 310 g/mol. The van der Waals surface area contributed by atoms with Gasteiger partial charge in [0.1, 0.15) is 5.75 Å². The predicted octanol–water partition coefficient (Wildman–Crippen LogP) is 3.31. The molecule has 0 aliphatic carbocycles. The fourth-order valence-corrected chi connectivity index (χ4v) is 3.08. The molecule has 0 unspecified atom stereocenters. The van der Waals surface area contributed by atoms with E-state index in [0.29, 0.717) is 16.5 Å². The monoisotopic (exact) mass is 325 g/mol. The molecule has 0 radical (unpaired) electrons. The quantitative estimate of drug-likeness (QED) is 0.847. The molecule has 0 aliphatic rings. The number of rotatable bonds is 5. The van der Waals surface area contributed by atoms with E-state index >= 15 is 0 Å². The molecule has 0 saturated carbocycles. The van der Waals surface area contributed by atoms with Crippen molar-refractivity contribution >= 4 is 27.3 Å². The van der Waals surface area contributed by atoms with Crippen molar-refractivity contribution in [3.8, 4) is 5.75 Å². The minimum absolute atomic E-state index is 0.152. The maximum atomic E-state index is 12.1. The molecule has 0 aliphatic heterocycles. The lowest BCUT2D eigenvalue weighted by molar-refractivity contribution is 0.415. The first-order valence-electron chi connectivity index (χ1n) is 6.27. The molecule has 6 heteroatoms. The Morgan fingerprint density at radius 3 is 2.33 bits per heavy atom. The zero-order valence-corrected chi connectivity index (χ0v) is 13.4. The minimum Gasteiger partial charge on any atom is -0.495 e. The summed E-state index contributed by atoms with van der Waals surface area (Å²) in [6.45, 7) is 0.152. The third kappa shape index (κ3) is 3.68. The zero-order valence-electron chi connectivity index (χ0n) is 11.8. The van der Waals surface area contributed by atoms with E-state index in [2.05, 4.69) is 0 Å². The van der Waals surface area contributed by atoms with Gasteiger partial charge in [0.25, 0.3) is 0 Å². The summed E-state index contributed by atoms with van der Waals surface area (Å²) in [7, 11) is -1.96. The number of sulfonamides is 1. The second-order valence-corrected chi connectivity index (χ2v) is 6.85. The molecule has 112 valence electrons. The van der Waals surface area contributed by atoms with Gasteiger partial charge in [-0.2, -0.15) is 0 Å². The van der Waals surface area contributed by atoms with E-state index in [9.17, 15) is 8.42 Å². The molecule has 0 atom stereocenters. The summed E-state index contributed by atoms with van der Waals surface area (Å²) in [4.78, 5) is 0. The molecule has 0 heterocycles. The van der Waals surface area contributed by atoms with Gasteiger partial charge < -0.3 is 4.74 Å². The van der Waals surface area contributed by atoms with Crippen LogP contribution in [0.3, 0.4) is 0 Å². The van der Waals surface area contributed by atoms with Crippen LogP contribution in [0.15, 0.2) is 48.5 Å². The van der Waals surface area contributed by atoms with Crippen LogP contribution in [0.25, 0.3) is 0 Å². The van der Waals surface area contributed by atoms with E-state index in [1.807, 2.05) is 6.07 Å². The molecule has 0 saturated heterocycles. The van der Waals surface area contributed by atoms with Gasteiger partial charge in [0, 0.05) is 5.02 Å². The highest BCUT2D eigenvalue weighted by Gasteiger charge is 2.21. The third-order valence-corrected chi connectivity index (χ3v) is 4.52. The van der Waals surface area contributed by atoms with Gasteiger partial charge in [-0.1, -0.05) is 41.9 Å². The summed E-state index contributed by atoms with van der Waals surface area (Å²) in [6.07, 6.45) is 1.16. The Bertz CT molecular complexity index is 731. The van der Waals surface area contributed by atoms with Crippen molar-refractivity contribution in [2.45, 2.75) is 6.54 Å². The maximum absolute atomic E-state index is 12.1. The van der Waals surface area contributed by atoms with Crippen LogP contribution < -0.4 is 9.04 Å². The van der Waals surface area contributed by atoms with Gasteiger partial charge in [-0.3, -0.25) is 4.31 Å². The molecule has 0 spiro atoms. The van der Waals surface area contributed by atoms with Gasteiger partial charge >= 0.3 is 0 Å². The number of hydrogen-bond acceptors (Lipinski definition) is 3. The molecule has 0 aromatic heterocycles. The molecule has 0 N–H and O–H groups in total. The lowest BCUT2D eigenvalue weighted by atomic mass is 10.2. The molecule has 21 heavy (non-hydrogen) atoms. The Morgan fingerprint density at radius 2 is 1.71 bits per heavy atom. The van der Waals surface area contributed by atoms with Gasteiger partial charge in [-0.05, 0) is 23.8 Å². The van der Waals surface area contributed by atoms with E-state index in [-0.39, 0.29) is 6.54 Å². The largest absolute Gasteiger partial charge is 0.495 e. The van der Waals surface area contributed by atoms with Crippen LogP contribution in [0, 0.1) is 0 Å². The number of anilines is 1. The molecule has 0 bridgehead atoms. The van der Waals surface area contributed by atoms with Crippen LogP contribution in [0.1, 0.15) is 5.56 Å². The van der Waals surface area contributed by atoms with Gasteiger partial charge in [0.05, 0.1) is 25.6 Å². The molecule has 4 nitrogen and oxygen atoms in total. The second-order valence-electron chi connectivity index (χ2n) is 4.53. The van der Waals surface area contributed by atoms with Crippen LogP contribution in [0.5, 0.6) is 5.75 Å². The highest BCUT2D eigenvalue weighted by Crippen LogP contribution is 2.31. The number of nitrogens with zero attached hydrogens (tertiary/aromatic N) is 1. The minimum atomic E-state index is -3.47. The number of benzene rings is 2. The molecule has 2 aromatic rings. The number of halogens is 1. The zero-order chi connectivity index (χ0) is 15.5. The summed E-state index contributed by atoms with van der Waals surface area (Å²) in [6, 6.07) is 14.1. The Hall–Kier alpha value is -1.72. The van der Waals surface area contributed by atoms with Crippen LogP contribution in [-0.4, -0.2) is 21.8 Å². The highest BCUT2D eigenvalue weighted by molar-refractivity contribution is 7.92. The summed E-state index contributed by atoms with van der Waals surface area (Å²) >= 11 is 6.13. The number of ether oxygens (including phenoxy) is 1. The standard InChI is InChI=1S/C15H16ClNO3S/c1-20-15-10-6-5-9-14(15)17(21(2,18)19)11-12-7-3-4-8-13(12)16/h3-10H,11H2,1-2H3. The maximum Gasteiger partial charge on any atom is 0.232 e. The molecular formula is C15H16ClNO3S. The predicted molar refractivity (Wildman–Crippen MR) is 85.5 cm³/mol. The summed E-state index contributed by atoms with van der Waals surface area (Å²) in [5.74, 6) is 0.495. The average Bonchev–Trinajstić information content (AvgIpc) is 2.45. The first kappa shape index (κ1) is 15.7. The fraction of sp³-hybridized carbons (Fsp3) is 0.200. The Kier molecular flexibility index (Phi) is 4.75. The van der Waals surface area contributed by atoms with E-state index in [1.165, 1.54) is 11.4 Å². The number of methoxy groups -OCH3 is 1. The molecule has 0 fully saturated rings. The summed E-state index contributed by atoms with van der Waals surface area (Å²) in [5.41, 5.74) is 1.22. The van der Waals surface area contributed by atoms with E-state index in [0.717, 1.165) is 11.8 Å². The van der Waals surface area contributed by atoms with Crippen molar-refractivity contribution in [1.29, 1.82) is 0 Å². The first-order valence-corrected chi connectivity index (χ1v) is 8.50. The van der Waals surface area contributed by atoms with Gasteiger partial charge in [-0.25, -0.2) is 8.42 Å². The second kappa shape index (κ2) is 6.37. The van der Waals surface area contributed by atoms with Crippen molar-refractivity contribution in [3.63, 3.8) is 0 Å².